The van der Waals surface area contributed by atoms with Gasteiger partial charge >= 0.3 is 0 Å². The molecule has 0 N–H and O–H groups in total. The van der Waals surface area contributed by atoms with Crippen LogP contribution in [-0.2, 0) is 17.8 Å². The van der Waals surface area contributed by atoms with Crippen molar-refractivity contribution in [3.63, 3.8) is 0 Å². The monoisotopic (exact) mass is 452 g/mol. The molecule has 1 aromatic carbocycles. The number of nitrogens with zero attached hydrogens (tertiary/aromatic N) is 4. The third-order valence-corrected chi connectivity index (χ3v) is 6.97. The zero-order chi connectivity index (χ0) is 22.5. The lowest BCUT2D eigenvalue weighted by Gasteiger charge is -2.30. The number of carbonyl (C=O) groups excluding carboxylic acids is 1. The Morgan fingerprint density at radius 1 is 1.19 bits per heavy atom. The van der Waals surface area contributed by atoms with Crippen LogP contribution in [0.25, 0.3) is 0 Å². The molecule has 4 rings (SSSR count). The quantitative estimate of drug-likeness (QED) is 0.520. The van der Waals surface area contributed by atoms with Gasteiger partial charge in [0.15, 0.2) is 0 Å². The van der Waals surface area contributed by atoms with Crippen molar-refractivity contribution in [1.82, 2.24) is 19.4 Å². The zero-order valence-electron chi connectivity index (χ0n) is 19.2. The number of aryl methyl sites for hydroxylation is 3. The molecule has 0 unspecified atom stereocenters. The number of morpholine rings is 1. The Labute approximate surface area is 194 Å². The second-order valence-corrected chi connectivity index (χ2v) is 9.45. The smallest absolute Gasteiger partial charge is 0.264 e. The highest BCUT2D eigenvalue weighted by Gasteiger charge is 2.21. The van der Waals surface area contributed by atoms with Crippen LogP contribution < -0.4 is 0 Å². The highest BCUT2D eigenvalue weighted by molar-refractivity contribution is 7.12. The van der Waals surface area contributed by atoms with E-state index in [9.17, 15) is 4.79 Å². The fourth-order valence-electron chi connectivity index (χ4n) is 4.33. The molecule has 0 spiro atoms. The molecule has 3 aromatic rings. The van der Waals surface area contributed by atoms with E-state index in [1.54, 1.807) is 0 Å². The third kappa shape index (κ3) is 5.46. The summed E-state index contributed by atoms with van der Waals surface area (Å²) in [5.41, 5.74) is 5.19. The SMILES string of the molecule is Cc1cc(C)c(Cn2ccnc2CN(CCN2CCOCC2)C(=O)c2cccs2)c(C)c1. The van der Waals surface area contributed by atoms with E-state index >= 15 is 0 Å². The Hall–Kier alpha value is -2.48. The van der Waals surface area contributed by atoms with Gasteiger partial charge in [-0.1, -0.05) is 23.8 Å². The average Bonchev–Trinajstić information content (AvgIpc) is 3.46. The van der Waals surface area contributed by atoms with Crippen LogP contribution in [0.3, 0.4) is 0 Å². The molecule has 0 saturated carbocycles. The molecule has 6 nitrogen and oxygen atoms in total. The van der Waals surface area contributed by atoms with Crippen molar-refractivity contribution >= 4 is 17.2 Å². The van der Waals surface area contributed by atoms with E-state index in [0.29, 0.717) is 13.1 Å². The maximum Gasteiger partial charge on any atom is 0.264 e. The van der Waals surface area contributed by atoms with Crippen LogP contribution >= 0.6 is 11.3 Å². The summed E-state index contributed by atoms with van der Waals surface area (Å²) in [4.78, 5) is 23.0. The number of hydrogen-bond acceptors (Lipinski definition) is 5. The molecule has 170 valence electrons. The maximum atomic E-state index is 13.3. The van der Waals surface area contributed by atoms with Crippen LogP contribution in [0, 0.1) is 20.8 Å². The summed E-state index contributed by atoms with van der Waals surface area (Å²) in [7, 11) is 0. The molecule has 1 saturated heterocycles. The average molecular weight is 453 g/mol. The van der Waals surface area contributed by atoms with Crippen molar-refractivity contribution in [2.24, 2.45) is 0 Å². The normalized spacial score (nSPS) is 14.6. The second kappa shape index (κ2) is 10.4. The van der Waals surface area contributed by atoms with Crippen LogP contribution in [0.15, 0.2) is 42.0 Å². The molecule has 7 heteroatoms. The largest absolute Gasteiger partial charge is 0.379 e. The van der Waals surface area contributed by atoms with Gasteiger partial charge in [-0.3, -0.25) is 9.69 Å². The van der Waals surface area contributed by atoms with Gasteiger partial charge in [0.05, 0.1) is 24.6 Å². The minimum atomic E-state index is 0.0745. The fourth-order valence-corrected chi connectivity index (χ4v) is 5.02. The molecule has 0 atom stereocenters. The van der Waals surface area contributed by atoms with Crippen LogP contribution in [-0.4, -0.2) is 64.7 Å². The van der Waals surface area contributed by atoms with Crippen LogP contribution in [0.1, 0.15) is 37.7 Å². The molecule has 32 heavy (non-hydrogen) atoms. The van der Waals surface area contributed by atoms with E-state index in [1.807, 2.05) is 34.8 Å². The highest BCUT2D eigenvalue weighted by atomic mass is 32.1. The first-order valence-corrected chi connectivity index (χ1v) is 12.1. The van der Waals surface area contributed by atoms with Gasteiger partial charge in [0.25, 0.3) is 5.91 Å². The topological polar surface area (TPSA) is 50.6 Å². The van der Waals surface area contributed by atoms with Crippen molar-refractivity contribution in [2.75, 3.05) is 39.4 Å². The third-order valence-electron chi connectivity index (χ3n) is 6.11. The number of thiophene rings is 1. The molecule has 2 aromatic heterocycles. The summed E-state index contributed by atoms with van der Waals surface area (Å²) in [6, 6.07) is 8.30. The van der Waals surface area contributed by atoms with E-state index in [1.165, 1.54) is 33.6 Å². The van der Waals surface area contributed by atoms with E-state index < -0.39 is 0 Å². The first-order valence-electron chi connectivity index (χ1n) is 11.2. The standard InChI is InChI=1S/C25H32N4O2S/c1-19-15-20(2)22(21(3)16-19)17-28-7-6-26-24(28)18-29(25(30)23-5-4-14-32-23)9-8-27-10-12-31-13-11-27/h4-7,14-16H,8-13,17-18H2,1-3H3. The van der Waals surface area contributed by atoms with Crippen molar-refractivity contribution < 1.29 is 9.53 Å². The Balaban J connectivity index is 1.52. The minimum absolute atomic E-state index is 0.0745. The van der Waals surface area contributed by atoms with Crippen LogP contribution in [0.2, 0.25) is 0 Å². The van der Waals surface area contributed by atoms with Crippen molar-refractivity contribution in [3.8, 4) is 0 Å². The van der Waals surface area contributed by atoms with Gasteiger partial charge in [0.1, 0.15) is 5.82 Å². The minimum Gasteiger partial charge on any atom is -0.379 e. The predicted octanol–water partition coefficient (Wildman–Crippen LogP) is 3.89. The van der Waals surface area contributed by atoms with E-state index in [2.05, 4.69) is 47.4 Å². The first kappa shape index (κ1) is 22.7. The van der Waals surface area contributed by atoms with Gasteiger partial charge in [0, 0.05) is 45.1 Å². The molecule has 1 amide bonds. The molecular formula is C25H32N4O2S. The number of benzene rings is 1. The Kier molecular flexibility index (Phi) is 7.40. The second-order valence-electron chi connectivity index (χ2n) is 8.51. The maximum absolute atomic E-state index is 13.3. The van der Waals surface area contributed by atoms with Gasteiger partial charge in [-0.25, -0.2) is 4.98 Å². The molecule has 0 bridgehead atoms. The van der Waals surface area contributed by atoms with Gasteiger partial charge in [-0.2, -0.15) is 0 Å². The van der Waals surface area contributed by atoms with Crippen molar-refractivity contribution in [2.45, 2.75) is 33.9 Å². The lowest BCUT2D eigenvalue weighted by molar-refractivity contribution is 0.0319. The lowest BCUT2D eigenvalue weighted by atomic mass is 10.00. The molecule has 1 aliphatic rings. The van der Waals surface area contributed by atoms with Gasteiger partial charge in [-0.15, -0.1) is 11.3 Å². The predicted molar refractivity (Wildman–Crippen MR) is 128 cm³/mol. The van der Waals surface area contributed by atoms with Crippen molar-refractivity contribution in [1.29, 1.82) is 0 Å². The number of rotatable bonds is 8. The number of ether oxygens (including phenoxy) is 1. The molecule has 0 aliphatic carbocycles. The van der Waals surface area contributed by atoms with E-state index in [4.69, 9.17) is 4.74 Å². The summed E-state index contributed by atoms with van der Waals surface area (Å²) >= 11 is 1.49. The van der Waals surface area contributed by atoms with Gasteiger partial charge in [0.2, 0.25) is 0 Å². The lowest BCUT2D eigenvalue weighted by Crippen LogP contribution is -2.43. The van der Waals surface area contributed by atoms with Gasteiger partial charge in [-0.05, 0) is 48.9 Å². The summed E-state index contributed by atoms with van der Waals surface area (Å²) < 4.78 is 7.64. The number of carbonyl (C=O) groups is 1. The number of imidazole rings is 1. The molecule has 1 fully saturated rings. The van der Waals surface area contributed by atoms with Crippen LogP contribution in [0.4, 0.5) is 0 Å². The molecule has 1 aliphatic heterocycles. The van der Waals surface area contributed by atoms with Crippen LogP contribution in [0.5, 0.6) is 0 Å². The van der Waals surface area contributed by atoms with Crippen molar-refractivity contribution in [3.05, 3.63) is 75.0 Å². The molecule has 3 heterocycles. The summed E-state index contributed by atoms with van der Waals surface area (Å²) in [6.07, 6.45) is 3.85. The summed E-state index contributed by atoms with van der Waals surface area (Å²) in [5.74, 6) is 0.988. The van der Waals surface area contributed by atoms with E-state index in [0.717, 1.165) is 50.1 Å². The zero-order valence-corrected chi connectivity index (χ0v) is 20.0. The highest BCUT2D eigenvalue weighted by Crippen LogP contribution is 2.20. The Morgan fingerprint density at radius 3 is 2.62 bits per heavy atom. The number of amides is 1. The Bertz CT molecular complexity index is 1020. The fraction of sp³-hybridized carbons (Fsp3) is 0.440. The number of aromatic nitrogens is 2. The Morgan fingerprint density at radius 2 is 1.94 bits per heavy atom. The molecular weight excluding hydrogens is 420 g/mol. The summed E-state index contributed by atoms with van der Waals surface area (Å²) in [5, 5.41) is 1.96. The number of hydrogen-bond donors (Lipinski definition) is 0. The van der Waals surface area contributed by atoms with Gasteiger partial charge < -0.3 is 14.2 Å². The summed E-state index contributed by atoms with van der Waals surface area (Å²) in [6.45, 7) is 12.6. The van der Waals surface area contributed by atoms with E-state index in [-0.39, 0.29) is 5.91 Å². The molecule has 0 radical (unpaired) electrons. The first-order chi connectivity index (χ1) is 15.5.